The Kier molecular flexibility index (Phi) is 3.84. The molecule has 0 bridgehead atoms. The molecule has 1 aromatic carbocycles. The lowest BCUT2D eigenvalue weighted by Gasteiger charge is -2.12. The van der Waals surface area contributed by atoms with Crippen LogP contribution in [0.15, 0.2) is 36.7 Å². The molecule has 0 radical (unpaired) electrons. The standard InChI is InChI=1S/C14H18N4S/c1-11-7-12(9-19-11)15-8-14-17-16-10-18(14)13-5-3-2-4-6-13/h2-6,10-12,15H,7-9H2,1H3. The topological polar surface area (TPSA) is 42.7 Å². The molecule has 3 rings (SSSR count). The van der Waals surface area contributed by atoms with Gasteiger partial charge in [0.1, 0.15) is 6.33 Å². The van der Waals surface area contributed by atoms with E-state index in [1.807, 2.05) is 34.5 Å². The highest BCUT2D eigenvalue weighted by atomic mass is 32.2. The van der Waals surface area contributed by atoms with Crippen LogP contribution in [0.2, 0.25) is 0 Å². The number of rotatable bonds is 4. The van der Waals surface area contributed by atoms with Crippen LogP contribution in [0.1, 0.15) is 19.2 Å². The Bertz CT molecular complexity index is 525. The second-order valence-corrected chi connectivity index (χ2v) is 6.38. The van der Waals surface area contributed by atoms with Crippen LogP contribution in [0.4, 0.5) is 0 Å². The number of para-hydroxylation sites is 1. The molecular formula is C14H18N4S. The number of thioether (sulfide) groups is 1. The summed E-state index contributed by atoms with van der Waals surface area (Å²) in [5, 5.41) is 12.6. The minimum Gasteiger partial charge on any atom is -0.306 e. The van der Waals surface area contributed by atoms with Crippen molar-refractivity contribution in [3.05, 3.63) is 42.5 Å². The van der Waals surface area contributed by atoms with Gasteiger partial charge in [-0.15, -0.1) is 10.2 Å². The van der Waals surface area contributed by atoms with Gasteiger partial charge in [0.2, 0.25) is 0 Å². The summed E-state index contributed by atoms with van der Waals surface area (Å²) in [4.78, 5) is 0. The van der Waals surface area contributed by atoms with Crippen LogP contribution in [0.5, 0.6) is 0 Å². The molecule has 100 valence electrons. The molecule has 2 atom stereocenters. The molecule has 1 aliphatic rings. The van der Waals surface area contributed by atoms with Gasteiger partial charge in [-0.3, -0.25) is 4.57 Å². The van der Waals surface area contributed by atoms with E-state index in [-0.39, 0.29) is 0 Å². The molecule has 5 heteroatoms. The van der Waals surface area contributed by atoms with Crippen LogP contribution in [-0.2, 0) is 6.54 Å². The Morgan fingerprint density at radius 3 is 2.95 bits per heavy atom. The Labute approximate surface area is 117 Å². The third-order valence-corrected chi connectivity index (χ3v) is 4.76. The fourth-order valence-corrected chi connectivity index (χ4v) is 3.56. The lowest BCUT2D eigenvalue weighted by atomic mass is 10.2. The van der Waals surface area contributed by atoms with E-state index in [4.69, 9.17) is 0 Å². The first-order valence-corrected chi connectivity index (χ1v) is 7.67. The lowest BCUT2D eigenvalue weighted by molar-refractivity contribution is 0.524. The molecule has 0 spiro atoms. The maximum absolute atomic E-state index is 4.22. The van der Waals surface area contributed by atoms with Crippen molar-refractivity contribution in [2.24, 2.45) is 0 Å². The Morgan fingerprint density at radius 2 is 2.21 bits per heavy atom. The van der Waals surface area contributed by atoms with Gasteiger partial charge >= 0.3 is 0 Å². The van der Waals surface area contributed by atoms with Crippen molar-refractivity contribution in [3.8, 4) is 5.69 Å². The zero-order chi connectivity index (χ0) is 13.1. The molecule has 0 saturated carbocycles. The number of benzene rings is 1. The molecule has 2 aromatic rings. The normalized spacial score (nSPS) is 22.8. The van der Waals surface area contributed by atoms with E-state index in [1.165, 1.54) is 12.2 Å². The number of hydrogen-bond donors (Lipinski definition) is 1. The van der Waals surface area contributed by atoms with Gasteiger partial charge in [-0.2, -0.15) is 11.8 Å². The van der Waals surface area contributed by atoms with Crippen molar-refractivity contribution in [1.82, 2.24) is 20.1 Å². The maximum Gasteiger partial charge on any atom is 0.151 e. The smallest absolute Gasteiger partial charge is 0.151 e. The first kappa shape index (κ1) is 12.7. The average Bonchev–Trinajstić information content (AvgIpc) is 3.06. The highest BCUT2D eigenvalue weighted by molar-refractivity contribution is 8.00. The second-order valence-electron chi connectivity index (χ2n) is 4.91. The van der Waals surface area contributed by atoms with Gasteiger partial charge in [0, 0.05) is 22.7 Å². The van der Waals surface area contributed by atoms with Crippen LogP contribution in [-0.4, -0.2) is 31.8 Å². The summed E-state index contributed by atoms with van der Waals surface area (Å²) in [5.41, 5.74) is 1.11. The highest BCUT2D eigenvalue weighted by Gasteiger charge is 2.21. The monoisotopic (exact) mass is 274 g/mol. The zero-order valence-electron chi connectivity index (χ0n) is 11.0. The number of nitrogens with one attached hydrogen (secondary N) is 1. The van der Waals surface area contributed by atoms with E-state index >= 15 is 0 Å². The van der Waals surface area contributed by atoms with Crippen molar-refractivity contribution in [1.29, 1.82) is 0 Å². The predicted octanol–water partition coefficient (Wildman–Crippen LogP) is 2.25. The molecule has 1 aromatic heterocycles. The van der Waals surface area contributed by atoms with Gasteiger partial charge in [-0.25, -0.2) is 0 Å². The van der Waals surface area contributed by atoms with Crippen LogP contribution < -0.4 is 5.32 Å². The Morgan fingerprint density at radius 1 is 1.37 bits per heavy atom. The molecule has 19 heavy (non-hydrogen) atoms. The third-order valence-electron chi connectivity index (χ3n) is 3.40. The number of aromatic nitrogens is 3. The summed E-state index contributed by atoms with van der Waals surface area (Å²) < 4.78 is 2.04. The maximum atomic E-state index is 4.22. The van der Waals surface area contributed by atoms with E-state index in [0.29, 0.717) is 6.04 Å². The van der Waals surface area contributed by atoms with Crippen LogP contribution in [0, 0.1) is 0 Å². The van der Waals surface area contributed by atoms with Crippen LogP contribution in [0.3, 0.4) is 0 Å². The molecule has 4 nitrogen and oxygen atoms in total. The molecule has 1 aliphatic heterocycles. The van der Waals surface area contributed by atoms with Gasteiger partial charge in [0.25, 0.3) is 0 Å². The van der Waals surface area contributed by atoms with E-state index in [1.54, 1.807) is 6.33 Å². The number of nitrogens with zero attached hydrogens (tertiary/aromatic N) is 3. The first-order valence-electron chi connectivity index (χ1n) is 6.62. The minimum atomic E-state index is 0.598. The fraction of sp³-hybridized carbons (Fsp3) is 0.429. The van der Waals surface area contributed by atoms with Crippen molar-refractivity contribution in [3.63, 3.8) is 0 Å². The third kappa shape index (κ3) is 2.98. The van der Waals surface area contributed by atoms with E-state index in [0.717, 1.165) is 23.3 Å². The largest absolute Gasteiger partial charge is 0.306 e. The second kappa shape index (κ2) is 5.75. The van der Waals surface area contributed by atoms with Gasteiger partial charge in [-0.05, 0) is 18.6 Å². The van der Waals surface area contributed by atoms with Gasteiger partial charge in [0.15, 0.2) is 5.82 Å². The molecule has 0 aliphatic carbocycles. The minimum absolute atomic E-state index is 0.598. The molecule has 1 saturated heterocycles. The summed E-state index contributed by atoms with van der Waals surface area (Å²) in [6.45, 7) is 3.06. The van der Waals surface area contributed by atoms with E-state index in [2.05, 4.69) is 34.6 Å². The molecule has 1 fully saturated rings. The quantitative estimate of drug-likeness (QED) is 0.928. The van der Waals surface area contributed by atoms with E-state index < -0.39 is 0 Å². The van der Waals surface area contributed by atoms with Gasteiger partial charge < -0.3 is 5.32 Å². The van der Waals surface area contributed by atoms with Gasteiger partial charge in [0.05, 0.1) is 6.54 Å². The van der Waals surface area contributed by atoms with Crippen molar-refractivity contribution < 1.29 is 0 Å². The molecule has 1 N–H and O–H groups in total. The summed E-state index contributed by atoms with van der Waals surface area (Å²) in [6, 6.07) is 10.8. The Balaban J connectivity index is 1.67. The van der Waals surface area contributed by atoms with Crippen molar-refractivity contribution in [2.75, 3.05) is 5.75 Å². The molecule has 2 heterocycles. The van der Waals surface area contributed by atoms with Crippen molar-refractivity contribution in [2.45, 2.75) is 31.2 Å². The number of hydrogen-bond acceptors (Lipinski definition) is 4. The van der Waals surface area contributed by atoms with Crippen molar-refractivity contribution >= 4 is 11.8 Å². The summed E-state index contributed by atoms with van der Waals surface area (Å²) in [6.07, 6.45) is 3.02. The Hall–Kier alpha value is -1.33. The summed E-state index contributed by atoms with van der Waals surface area (Å²) in [5.74, 6) is 2.16. The van der Waals surface area contributed by atoms with Crippen LogP contribution >= 0.6 is 11.8 Å². The molecule has 2 unspecified atom stereocenters. The fourth-order valence-electron chi connectivity index (χ4n) is 2.38. The highest BCUT2D eigenvalue weighted by Crippen LogP contribution is 2.26. The lowest BCUT2D eigenvalue weighted by Crippen LogP contribution is -2.29. The summed E-state index contributed by atoms with van der Waals surface area (Å²) >= 11 is 2.04. The molecule has 0 amide bonds. The zero-order valence-corrected chi connectivity index (χ0v) is 11.8. The van der Waals surface area contributed by atoms with Gasteiger partial charge in [-0.1, -0.05) is 25.1 Å². The predicted molar refractivity (Wildman–Crippen MR) is 78.5 cm³/mol. The van der Waals surface area contributed by atoms with E-state index in [9.17, 15) is 0 Å². The molecular weight excluding hydrogens is 256 g/mol. The average molecular weight is 274 g/mol. The van der Waals surface area contributed by atoms with Crippen LogP contribution in [0.25, 0.3) is 5.69 Å². The first-order chi connectivity index (χ1) is 9.33. The summed E-state index contributed by atoms with van der Waals surface area (Å²) in [7, 11) is 0. The SMILES string of the molecule is CC1CC(NCc2nncn2-c2ccccc2)CS1.